The number of ether oxygens (including phenoxy) is 3. The van der Waals surface area contributed by atoms with Gasteiger partial charge in [0.2, 0.25) is 0 Å². The van der Waals surface area contributed by atoms with E-state index in [9.17, 15) is 4.79 Å². The molecule has 5 nitrogen and oxygen atoms in total. The third-order valence-electron chi connectivity index (χ3n) is 3.60. The van der Waals surface area contributed by atoms with Crippen LogP contribution in [0.2, 0.25) is 5.02 Å². The van der Waals surface area contributed by atoms with Gasteiger partial charge in [0.05, 0.1) is 12.1 Å². The third-order valence-corrected chi connectivity index (χ3v) is 3.88. The molecule has 0 radical (unpaired) electrons. The molecule has 25 heavy (non-hydrogen) atoms. The predicted molar refractivity (Wildman–Crippen MR) is 96.1 cm³/mol. The van der Waals surface area contributed by atoms with Gasteiger partial charge in [-0.05, 0) is 42.7 Å². The van der Waals surface area contributed by atoms with E-state index < -0.39 is 5.97 Å². The third kappa shape index (κ3) is 5.57. The second-order valence-electron chi connectivity index (χ2n) is 5.47. The molecule has 0 heterocycles. The molecule has 0 aromatic heterocycles. The lowest BCUT2D eigenvalue weighted by Gasteiger charge is -2.15. The van der Waals surface area contributed by atoms with Crippen molar-refractivity contribution in [2.45, 2.75) is 19.8 Å². The van der Waals surface area contributed by atoms with Crippen molar-refractivity contribution >= 4 is 17.6 Å². The van der Waals surface area contributed by atoms with Crippen LogP contribution < -0.4 is 14.2 Å². The number of hydrogen-bond acceptors (Lipinski definition) is 4. The molecule has 0 aliphatic carbocycles. The van der Waals surface area contributed by atoms with Crippen LogP contribution >= 0.6 is 11.6 Å². The normalized spacial score (nSPS) is 10.4. The molecule has 2 rings (SSSR count). The molecular formula is C19H21ClO5. The number of carbonyl (C=O) groups is 1. The first-order chi connectivity index (χ1) is 12.0. The topological polar surface area (TPSA) is 65.0 Å². The Kier molecular flexibility index (Phi) is 6.95. The number of aliphatic carboxylic acids is 1. The molecule has 0 bridgehead atoms. The van der Waals surface area contributed by atoms with Gasteiger partial charge in [0.1, 0.15) is 19.0 Å². The second kappa shape index (κ2) is 9.18. The molecule has 0 saturated heterocycles. The summed E-state index contributed by atoms with van der Waals surface area (Å²) in [5, 5.41) is 9.16. The zero-order chi connectivity index (χ0) is 18.2. The Labute approximate surface area is 152 Å². The average molecular weight is 365 g/mol. The maximum Gasteiger partial charge on any atom is 0.303 e. The largest absolute Gasteiger partial charge is 0.493 e. The number of benzene rings is 2. The Hall–Kier alpha value is -2.40. The first kappa shape index (κ1) is 18.9. The smallest absolute Gasteiger partial charge is 0.303 e. The number of para-hydroxylation sites is 1. The molecule has 1 N–H and O–H groups in total. The van der Waals surface area contributed by atoms with E-state index in [1.165, 1.54) is 7.11 Å². The van der Waals surface area contributed by atoms with Gasteiger partial charge in [-0.2, -0.15) is 0 Å². The Morgan fingerprint density at radius 1 is 1.12 bits per heavy atom. The number of hydrogen-bond donors (Lipinski definition) is 1. The van der Waals surface area contributed by atoms with Gasteiger partial charge >= 0.3 is 5.97 Å². The van der Waals surface area contributed by atoms with Crippen LogP contribution in [0.4, 0.5) is 0 Å². The molecule has 2 aromatic carbocycles. The van der Waals surface area contributed by atoms with Gasteiger partial charge in [-0.3, -0.25) is 4.79 Å². The minimum absolute atomic E-state index is 0.0317. The van der Waals surface area contributed by atoms with Gasteiger partial charge in [0, 0.05) is 6.42 Å². The lowest BCUT2D eigenvalue weighted by molar-refractivity contribution is -0.136. The lowest BCUT2D eigenvalue weighted by Crippen LogP contribution is -2.10. The lowest BCUT2D eigenvalue weighted by atomic mass is 10.1. The number of carboxylic acid groups (broad SMARTS) is 1. The summed E-state index contributed by atoms with van der Waals surface area (Å²) in [4.78, 5) is 10.7. The molecule has 0 unspecified atom stereocenters. The maximum atomic E-state index is 10.7. The van der Waals surface area contributed by atoms with Gasteiger partial charge in [0.25, 0.3) is 0 Å². The van der Waals surface area contributed by atoms with E-state index in [0.717, 1.165) is 16.9 Å². The van der Waals surface area contributed by atoms with Crippen LogP contribution in [0.15, 0.2) is 36.4 Å². The summed E-state index contributed by atoms with van der Waals surface area (Å²) in [6.07, 6.45) is 0.409. The fourth-order valence-corrected chi connectivity index (χ4v) is 2.61. The van der Waals surface area contributed by atoms with Crippen molar-refractivity contribution in [3.05, 3.63) is 52.5 Å². The standard InChI is InChI=1S/C19H21ClO5/c1-13-5-3-4-6-16(13)24-9-10-25-19-15(20)11-14(7-8-18(21)22)12-17(19)23-2/h3-6,11-12H,7-10H2,1-2H3,(H,21,22). The van der Waals surface area contributed by atoms with Crippen molar-refractivity contribution in [2.75, 3.05) is 20.3 Å². The van der Waals surface area contributed by atoms with Crippen molar-refractivity contribution in [2.24, 2.45) is 0 Å². The maximum absolute atomic E-state index is 10.7. The van der Waals surface area contributed by atoms with Crippen molar-refractivity contribution in [3.63, 3.8) is 0 Å². The summed E-state index contributed by atoms with van der Waals surface area (Å²) in [6, 6.07) is 11.2. The van der Waals surface area contributed by atoms with Gasteiger partial charge < -0.3 is 19.3 Å². The summed E-state index contributed by atoms with van der Waals surface area (Å²) in [5.41, 5.74) is 1.84. The molecule has 0 aliphatic heterocycles. The minimum Gasteiger partial charge on any atom is -0.493 e. The molecule has 0 spiro atoms. The first-order valence-electron chi connectivity index (χ1n) is 7.90. The van der Waals surface area contributed by atoms with E-state index in [4.69, 9.17) is 30.9 Å². The number of carboxylic acids is 1. The minimum atomic E-state index is -0.858. The highest BCUT2D eigenvalue weighted by molar-refractivity contribution is 6.32. The molecule has 2 aromatic rings. The number of rotatable bonds is 9. The number of methoxy groups -OCH3 is 1. The molecule has 0 amide bonds. The highest BCUT2D eigenvalue weighted by atomic mass is 35.5. The van der Waals surface area contributed by atoms with Crippen molar-refractivity contribution in [3.8, 4) is 17.2 Å². The average Bonchev–Trinajstić information content (AvgIpc) is 2.59. The molecule has 0 atom stereocenters. The second-order valence-corrected chi connectivity index (χ2v) is 5.87. The Bertz CT molecular complexity index is 730. The Morgan fingerprint density at radius 3 is 2.52 bits per heavy atom. The molecule has 6 heteroatoms. The van der Waals surface area contributed by atoms with Crippen LogP contribution in [0.3, 0.4) is 0 Å². The van der Waals surface area contributed by atoms with Crippen LogP contribution in [0.1, 0.15) is 17.5 Å². The van der Waals surface area contributed by atoms with E-state index in [1.54, 1.807) is 12.1 Å². The Balaban J connectivity index is 1.96. The van der Waals surface area contributed by atoms with Gasteiger partial charge in [-0.15, -0.1) is 0 Å². The summed E-state index contributed by atoms with van der Waals surface area (Å²) in [6.45, 7) is 2.65. The highest BCUT2D eigenvalue weighted by Gasteiger charge is 2.13. The number of aryl methyl sites for hydroxylation is 2. The summed E-state index contributed by atoms with van der Waals surface area (Å²) in [7, 11) is 1.52. The first-order valence-corrected chi connectivity index (χ1v) is 8.28. The van der Waals surface area contributed by atoms with Crippen LogP contribution in [-0.2, 0) is 11.2 Å². The summed E-state index contributed by atoms with van der Waals surface area (Å²) in [5.74, 6) is 0.859. The van der Waals surface area contributed by atoms with E-state index in [0.29, 0.717) is 36.2 Å². The monoisotopic (exact) mass is 364 g/mol. The Morgan fingerprint density at radius 2 is 1.84 bits per heavy atom. The summed E-state index contributed by atoms with van der Waals surface area (Å²) < 4.78 is 16.7. The molecule has 0 fully saturated rings. The highest BCUT2D eigenvalue weighted by Crippen LogP contribution is 2.36. The van der Waals surface area contributed by atoms with E-state index >= 15 is 0 Å². The van der Waals surface area contributed by atoms with Gasteiger partial charge in [-0.1, -0.05) is 29.8 Å². The summed E-state index contributed by atoms with van der Waals surface area (Å²) >= 11 is 6.26. The van der Waals surface area contributed by atoms with Crippen LogP contribution in [-0.4, -0.2) is 31.4 Å². The fraction of sp³-hybridized carbons (Fsp3) is 0.316. The van der Waals surface area contributed by atoms with Gasteiger partial charge in [0.15, 0.2) is 11.5 Å². The van der Waals surface area contributed by atoms with E-state index in [-0.39, 0.29) is 6.42 Å². The van der Waals surface area contributed by atoms with E-state index in [2.05, 4.69) is 0 Å². The zero-order valence-electron chi connectivity index (χ0n) is 14.3. The molecule has 0 aliphatic rings. The van der Waals surface area contributed by atoms with Crippen molar-refractivity contribution in [1.29, 1.82) is 0 Å². The predicted octanol–water partition coefficient (Wildman–Crippen LogP) is 4.13. The number of halogens is 1. The van der Waals surface area contributed by atoms with E-state index in [1.807, 2.05) is 31.2 Å². The quantitative estimate of drug-likeness (QED) is 0.678. The van der Waals surface area contributed by atoms with Crippen LogP contribution in [0.25, 0.3) is 0 Å². The van der Waals surface area contributed by atoms with Gasteiger partial charge in [-0.25, -0.2) is 0 Å². The molecule has 0 saturated carbocycles. The molecule has 134 valence electrons. The van der Waals surface area contributed by atoms with Crippen molar-refractivity contribution in [1.82, 2.24) is 0 Å². The van der Waals surface area contributed by atoms with Crippen LogP contribution in [0.5, 0.6) is 17.2 Å². The van der Waals surface area contributed by atoms with Crippen LogP contribution in [0, 0.1) is 6.92 Å². The zero-order valence-corrected chi connectivity index (χ0v) is 15.0. The fourth-order valence-electron chi connectivity index (χ4n) is 2.32. The molecular weight excluding hydrogens is 344 g/mol. The SMILES string of the molecule is COc1cc(CCC(=O)O)cc(Cl)c1OCCOc1ccccc1C. The van der Waals surface area contributed by atoms with Crippen molar-refractivity contribution < 1.29 is 24.1 Å².